The molecule has 1 aromatic heterocycles. The Morgan fingerprint density at radius 3 is 2.71 bits per heavy atom. The van der Waals surface area contributed by atoms with Gasteiger partial charge in [0.25, 0.3) is 0 Å². The summed E-state index contributed by atoms with van der Waals surface area (Å²) in [4.78, 5) is 15.1. The van der Waals surface area contributed by atoms with E-state index in [9.17, 15) is 4.79 Å². The Labute approximate surface area is 114 Å². The first-order valence-electron chi connectivity index (χ1n) is 5.09. The zero-order valence-electron chi connectivity index (χ0n) is 10.0. The summed E-state index contributed by atoms with van der Waals surface area (Å²) in [7, 11) is 1.76. The van der Waals surface area contributed by atoms with E-state index >= 15 is 0 Å². The third-order valence-corrected chi connectivity index (χ3v) is 2.07. The van der Waals surface area contributed by atoms with Crippen molar-refractivity contribution < 1.29 is 4.79 Å². The number of hydrogen-bond donors (Lipinski definition) is 2. The van der Waals surface area contributed by atoms with Crippen LogP contribution in [0.3, 0.4) is 0 Å². The zero-order valence-corrected chi connectivity index (χ0v) is 11.7. The number of aromatic nitrogens is 2. The van der Waals surface area contributed by atoms with Crippen LogP contribution in [0.2, 0.25) is 0 Å². The predicted molar refractivity (Wildman–Crippen MR) is 72.8 cm³/mol. The molecule has 0 aliphatic rings. The van der Waals surface area contributed by atoms with Gasteiger partial charge in [-0.1, -0.05) is 6.92 Å². The molecule has 0 bridgehead atoms. The van der Waals surface area contributed by atoms with Crippen LogP contribution >= 0.6 is 24.8 Å². The number of halogens is 2. The fourth-order valence-electron chi connectivity index (χ4n) is 1.33. The Morgan fingerprint density at radius 2 is 2.18 bits per heavy atom. The largest absolute Gasteiger partial charge is 0.355 e. The second-order valence-electron chi connectivity index (χ2n) is 3.70. The van der Waals surface area contributed by atoms with Crippen LogP contribution < -0.4 is 10.6 Å². The molecule has 1 unspecified atom stereocenters. The van der Waals surface area contributed by atoms with Gasteiger partial charge in [0.1, 0.15) is 0 Å². The SMILES string of the molecule is CNCC(=O)NCC(C)Cn1ccnc1.Cl.Cl. The van der Waals surface area contributed by atoms with Crippen molar-refractivity contribution in [3.05, 3.63) is 18.7 Å². The van der Waals surface area contributed by atoms with Gasteiger partial charge in [-0.15, -0.1) is 24.8 Å². The molecule has 1 aromatic rings. The van der Waals surface area contributed by atoms with Crippen LogP contribution in [0.25, 0.3) is 0 Å². The molecular weight excluding hydrogens is 263 g/mol. The number of imidazole rings is 1. The van der Waals surface area contributed by atoms with Crippen LogP contribution in [0.1, 0.15) is 6.92 Å². The summed E-state index contributed by atoms with van der Waals surface area (Å²) in [6.45, 7) is 4.04. The van der Waals surface area contributed by atoms with Crippen molar-refractivity contribution in [3.8, 4) is 0 Å². The highest BCUT2D eigenvalue weighted by Crippen LogP contribution is 1.98. The van der Waals surface area contributed by atoms with Gasteiger partial charge in [0.2, 0.25) is 5.91 Å². The summed E-state index contributed by atoms with van der Waals surface area (Å²) < 4.78 is 2.01. The van der Waals surface area contributed by atoms with Crippen LogP contribution in [0.4, 0.5) is 0 Å². The number of hydrogen-bond acceptors (Lipinski definition) is 3. The highest BCUT2D eigenvalue weighted by Gasteiger charge is 2.05. The molecule has 7 heteroatoms. The van der Waals surface area contributed by atoms with Gasteiger partial charge < -0.3 is 15.2 Å². The van der Waals surface area contributed by atoms with Crippen LogP contribution in [0.15, 0.2) is 18.7 Å². The van der Waals surface area contributed by atoms with Gasteiger partial charge in [-0.3, -0.25) is 4.79 Å². The first kappa shape index (κ1) is 18.6. The Balaban J connectivity index is 0. The summed E-state index contributed by atoms with van der Waals surface area (Å²) in [5.74, 6) is 0.440. The Kier molecular flexibility index (Phi) is 11.3. The van der Waals surface area contributed by atoms with Gasteiger partial charge in [-0.2, -0.15) is 0 Å². The lowest BCUT2D eigenvalue weighted by molar-refractivity contribution is -0.120. The quantitative estimate of drug-likeness (QED) is 0.808. The molecule has 100 valence electrons. The van der Waals surface area contributed by atoms with Crippen molar-refractivity contribution in [2.45, 2.75) is 13.5 Å². The third-order valence-electron chi connectivity index (χ3n) is 2.07. The standard InChI is InChI=1S/C10H18N4O.2ClH/c1-9(5-13-10(15)6-11-2)7-14-4-3-12-8-14;;/h3-4,8-9,11H,5-7H2,1-2H3,(H,13,15);2*1H. The van der Waals surface area contributed by atoms with Crippen LogP contribution in [0, 0.1) is 5.92 Å². The number of nitrogens with one attached hydrogen (secondary N) is 2. The minimum absolute atomic E-state index is 0. The summed E-state index contributed by atoms with van der Waals surface area (Å²) in [6.07, 6.45) is 5.46. The van der Waals surface area contributed by atoms with E-state index in [1.165, 1.54) is 0 Å². The van der Waals surface area contributed by atoms with E-state index in [-0.39, 0.29) is 30.7 Å². The smallest absolute Gasteiger partial charge is 0.233 e. The van der Waals surface area contributed by atoms with Crippen molar-refractivity contribution in [1.29, 1.82) is 0 Å². The summed E-state index contributed by atoms with van der Waals surface area (Å²) in [5.41, 5.74) is 0. The Morgan fingerprint density at radius 1 is 1.47 bits per heavy atom. The van der Waals surface area contributed by atoms with Crippen molar-refractivity contribution >= 4 is 30.7 Å². The lowest BCUT2D eigenvalue weighted by Crippen LogP contribution is -2.35. The van der Waals surface area contributed by atoms with E-state index in [2.05, 4.69) is 22.5 Å². The Hall–Kier alpha value is -0.780. The molecule has 0 aliphatic carbocycles. The highest BCUT2D eigenvalue weighted by molar-refractivity contribution is 5.85. The Bertz CT molecular complexity index is 293. The number of rotatable bonds is 6. The van der Waals surface area contributed by atoms with Crippen LogP contribution in [0.5, 0.6) is 0 Å². The molecule has 1 heterocycles. The molecule has 1 rings (SSSR count). The lowest BCUT2D eigenvalue weighted by Gasteiger charge is -2.12. The number of likely N-dealkylation sites (N-methyl/N-ethyl adjacent to an activating group) is 1. The zero-order chi connectivity index (χ0) is 11.1. The van der Waals surface area contributed by atoms with E-state index < -0.39 is 0 Å². The molecule has 1 atom stereocenters. The average molecular weight is 283 g/mol. The van der Waals surface area contributed by atoms with E-state index in [0.29, 0.717) is 19.0 Å². The third kappa shape index (κ3) is 8.01. The summed E-state index contributed by atoms with van der Waals surface area (Å²) in [5, 5.41) is 5.67. The molecule has 0 saturated carbocycles. The topological polar surface area (TPSA) is 59.0 Å². The first-order chi connectivity index (χ1) is 7.22. The maximum Gasteiger partial charge on any atom is 0.233 e. The molecule has 17 heavy (non-hydrogen) atoms. The minimum Gasteiger partial charge on any atom is -0.355 e. The van der Waals surface area contributed by atoms with Gasteiger partial charge in [-0.05, 0) is 13.0 Å². The summed E-state index contributed by atoms with van der Waals surface area (Å²) >= 11 is 0. The lowest BCUT2D eigenvalue weighted by atomic mass is 10.2. The fraction of sp³-hybridized carbons (Fsp3) is 0.600. The highest BCUT2D eigenvalue weighted by atomic mass is 35.5. The maximum atomic E-state index is 11.2. The first-order valence-corrected chi connectivity index (χ1v) is 5.09. The van der Waals surface area contributed by atoms with Gasteiger partial charge in [0, 0.05) is 25.5 Å². The molecule has 1 amide bonds. The molecule has 0 saturated heterocycles. The average Bonchev–Trinajstić information content (AvgIpc) is 2.68. The number of carbonyl (C=O) groups excluding carboxylic acids is 1. The molecule has 2 N–H and O–H groups in total. The van der Waals surface area contributed by atoms with Gasteiger partial charge in [0.15, 0.2) is 0 Å². The second kappa shape index (κ2) is 10.4. The van der Waals surface area contributed by atoms with Gasteiger partial charge in [-0.25, -0.2) is 4.98 Å². The van der Waals surface area contributed by atoms with Crippen molar-refractivity contribution in [1.82, 2.24) is 20.2 Å². The number of carbonyl (C=O) groups is 1. The number of amides is 1. The van der Waals surface area contributed by atoms with Gasteiger partial charge in [0.05, 0.1) is 12.9 Å². The minimum atomic E-state index is 0. The molecule has 5 nitrogen and oxygen atoms in total. The van der Waals surface area contributed by atoms with Gasteiger partial charge >= 0.3 is 0 Å². The van der Waals surface area contributed by atoms with E-state index in [0.717, 1.165) is 6.54 Å². The normalized spacial score (nSPS) is 10.9. The van der Waals surface area contributed by atoms with Crippen LogP contribution in [-0.2, 0) is 11.3 Å². The molecular formula is C10H20Cl2N4O. The van der Waals surface area contributed by atoms with Crippen molar-refractivity contribution in [2.24, 2.45) is 5.92 Å². The molecule has 0 fully saturated rings. The van der Waals surface area contributed by atoms with E-state index in [4.69, 9.17) is 0 Å². The molecule has 0 spiro atoms. The summed E-state index contributed by atoms with van der Waals surface area (Å²) in [6, 6.07) is 0. The number of nitrogens with zero attached hydrogens (tertiary/aromatic N) is 2. The molecule has 0 aromatic carbocycles. The van der Waals surface area contributed by atoms with E-state index in [1.54, 1.807) is 19.6 Å². The monoisotopic (exact) mass is 282 g/mol. The molecule has 0 aliphatic heterocycles. The van der Waals surface area contributed by atoms with Crippen molar-refractivity contribution in [2.75, 3.05) is 20.1 Å². The van der Waals surface area contributed by atoms with Crippen molar-refractivity contribution in [3.63, 3.8) is 0 Å². The van der Waals surface area contributed by atoms with E-state index in [1.807, 2.05) is 10.8 Å². The fourth-order valence-corrected chi connectivity index (χ4v) is 1.33. The molecule has 0 radical (unpaired) electrons. The van der Waals surface area contributed by atoms with Crippen LogP contribution in [-0.4, -0.2) is 35.6 Å². The maximum absolute atomic E-state index is 11.2. The second-order valence-corrected chi connectivity index (χ2v) is 3.70. The predicted octanol–water partition coefficient (Wildman–Crippen LogP) is 0.698.